The first-order chi connectivity index (χ1) is 9.12. The smallest absolute Gasteiger partial charge is 0.136 e. The fourth-order valence-electron chi connectivity index (χ4n) is 1.62. The maximum Gasteiger partial charge on any atom is 0.136 e. The number of nitriles is 1. The van der Waals surface area contributed by atoms with Crippen LogP contribution in [-0.2, 0) is 0 Å². The molecule has 19 heavy (non-hydrogen) atoms. The third-order valence-electron chi connectivity index (χ3n) is 2.46. The van der Waals surface area contributed by atoms with E-state index in [2.05, 4.69) is 42.6 Å². The lowest BCUT2D eigenvalue weighted by molar-refractivity contribution is 1.06. The SMILES string of the molecule is CNc1cc(Nc2cc(Br)ccc2C#N)nc(C)n1. The third-order valence-corrected chi connectivity index (χ3v) is 2.95. The van der Waals surface area contributed by atoms with E-state index in [1.807, 2.05) is 19.1 Å². The van der Waals surface area contributed by atoms with Crippen molar-refractivity contribution in [2.24, 2.45) is 0 Å². The normalized spacial score (nSPS) is 9.79. The first-order valence-electron chi connectivity index (χ1n) is 5.62. The molecule has 0 aliphatic rings. The van der Waals surface area contributed by atoms with E-state index in [9.17, 15) is 0 Å². The molecular weight excluding hydrogens is 306 g/mol. The summed E-state index contributed by atoms with van der Waals surface area (Å²) in [5.41, 5.74) is 1.27. The van der Waals surface area contributed by atoms with Gasteiger partial charge >= 0.3 is 0 Å². The Bertz CT molecular complexity index is 648. The van der Waals surface area contributed by atoms with Gasteiger partial charge in [0.1, 0.15) is 23.5 Å². The van der Waals surface area contributed by atoms with Crippen molar-refractivity contribution in [3.8, 4) is 6.07 Å². The minimum atomic E-state index is 0.561. The summed E-state index contributed by atoms with van der Waals surface area (Å²) in [5.74, 6) is 2.03. The van der Waals surface area contributed by atoms with Gasteiger partial charge in [0.05, 0.1) is 11.3 Å². The highest BCUT2D eigenvalue weighted by molar-refractivity contribution is 9.10. The molecule has 1 aromatic heterocycles. The molecule has 0 unspecified atom stereocenters. The molecule has 0 aliphatic heterocycles. The van der Waals surface area contributed by atoms with Crippen molar-refractivity contribution < 1.29 is 0 Å². The first kappa shape index (κ1) is 13.3. The molecule has 0 fully saturated rings. The van der Waals surface area contributed by atoms with E-state index in [-0.39, 0.29) is 0 Å². The molecule has 0 bridgehead atoms. The molecule has 1 heterocycles. The number of aromatic nitrogens is 2. The summed E-state index contributed by atoms with van der Waals surface area (Å²) in [6, 6.07) is 9.35. The Morgan fingerprint density at radius 1 is 1.21 bits per heavy atom. The number of halogens is 1. The van der Waals surface area contributed by atoms with Crippen LogP contribution in [0.25, 0.3) is 0 Å². The van der Waals surface area contributed by atoms with Crippen LogP contribution in [-0.4, -0.2) is 17.0 Å². The second-order valence-electron chi connectivity index (χ2n) is 3.86. The van der Waals surface area contributed by atoms with Crippen LogP contribution in [0.3, 0.4) is 0 Å². The van der Waals surface area contributed by atoms with E-state index >= 15 is 0 Å². The molecule has 2 aromatic rings. The number of nitrogens with zero attached hydrogens (tertiary/aromatic N) is 3. The average molecular weight is 318 g/mol. The summed E-state index contributed by atoms with van der Waals surface area (Å²) in [6.45, 7) is 1.82. The highest BCUT2D eigenvalue weighted by Gasteiger charge is 2.06. The van der Waals surface area contributed by atoms with E-state index in [1.54, 1.807) is 19.2 Å². The van der Waals surface area contributed by atoms with Gasteiger partial charge < -0.3 is 10.6 Å². The highest BCUT2D eigenvalue weighted by atomic mass is 79.9. The molecule has 0 saturated heterocycles. The quantitative estimate of drug-likeness (QED) is 0.909. The van der Waals surface area contributed by atoms with Crippen LogP contribution in [0.4, 0.5) is 17.3 Å². The molecule has 2 rings (SSSR count). The van der Waals surface area contributed by atoms with Crippen molar-refractivity contribution in [2.75, 3.05) is 17.7 Å². The monoisotopic (exact) mass is 317 g/mol. The molecule has 0 saturated carbocycles. The molecule has 96 valence electrons. The number of benzene rings is 1. The van der Waals surface area contributed by atoms with Gasteiger partial charge in [0.15, 0.2) is 0 Å². The molecule has 5 nitrogen and oxygen atoms in total. The van der Waals surface area contributed by atoms with E-state index < -0.39 is 0 Å². The first-order valence-corrected chi connectivity index (χ1v) is 6.42. The van der Waals surface area contributed by atoms with Crippen LogP contribution in [0.1, 0.15) is 11.4 Å². The summed E-state index contributed by atoms with van der Waals surface area (Å²) in [6.07, 6.45) is 0. The van der Waals surface area contributed by atoms with Gasteiger partial charge in [0, 0.05) is 17.6 Å². The molecule has 2 N–H and O–H groups in total. The van der Waals surface area contributed by atoms with Gasteiger partial charge in [0.2, 0.25) is 0 Å². The summed E-state index contributed by atoms with van der Waals surface area (Å²) in [5, 5.41) is 15.2. The standard InChI is InChI=1S/C13H12BrN5/c1-8-17-12(16-2)6-13(18-8)19-11-5-10(14)4-3-9(11)7-15/h3-6H,1-2H3,(H2,16,17,18,19). The van der Waals surface area contributed by atoms with Crippen LogP contribution in [0.2, 0.25) is 0 Å². The van der Waals surface area contributed by atoms with Crippen LogP contribution in [0.15, 0.2) is 28.7 Å². The van der Waals surface area contributed by atoms with E-state index in [0.29, 0.717) is 22.9 Å². The summed E-state index contributed by atoms with van der Waals surface area (Å²) >= 11 is 3.39. The molecule has 0 spiro atoms. The summed E-state index contributed by atoms with van der Waals surface area (Å²) in [4.78, 5) is 8.51. The molecule has 1 aromatic carbocycles. The number of hydrogen-bond acceptors (Lipinski definition) is 5. The lowest BCUT2D eigenvalue weighted by Gasteiger charge is -2.10. The zero-order chi connectivity index (χ0) is 13.8. The maximum atomic E-state index is 9.09. The Morgan fingerprint density at radius 3 is 2.63 bits per heavy atom. The van der Waals surface area contributed by atoms with Crippen molar-refractivity contribution in [3.63, 3.8) is 0 Å². The highest BCUT2D eigenvalue weighted by Crippen LogP contribution is 2.24. The minimum Gasteiger partial charge on any atom is -0.373 e. The van der Waals surface area contributed by atoms with Gasteiger partial charge in [-0.25, -0.2) is 9.97 Å². The fraction of sp³-hybridized carbons (Fsp3) is 0.154. The largest absolute Gasteiger partial charge is 0.373 e. The van der Waals surface area contributed by atoms with Crippen molar-refractivity contribution >= 4 is 33.3 Å². The number of anilines is 3. The lowest BCUT2D eigenvalue weighted by atomic mass is 10.2. The number of hydrogen-bond donors (Lipinski definition) is 2. The predicted octanol–water partition coefficient (Wildman–Crippen LogP) is 3.20. The van der Waals surface area contributed by atoms with Crippen LogP contribution in [0.5, 0.6) is 0 Å². The second kappa shape index (κ2) is 5.67. The Kier molecular flexibility index (Phi) is 3.97. The Hall–Kier alpha value is -2.13. The van der Waals surface area contributed by atoms with Crippen molar-refractivity contribution in [1.82, 2.24) is 9.97 Å². The molecule has 6 heteroatoms. The minimum absolute atomic E-state index is 0.561. The molecule has 0 amide bonds. The fourth-order valence-corrected chi connectivity index (χ4v) is 1.98. The predicted molar refractivity (Wildman–Crippen MR) is 78.5 cm³/mol. The zero-order valence-corrected chi connectivity index (χ0v) is 12.1. The molecule has 0 aliphatic carbocycles. The molecule has 0 atom stereocenters. The maximum absolute atomic E-state index is 9.09. The van der Waals surface area contributed by atoms with Crippen molar-refractivity contribution in [1.29, 1.82) is 5.26 Å². The second-order valence-corrected chi connectivity index (χ2v) is 4.78. The zero-order valence-electron chi connectivity index (χ0n) is 10.5. The number of rotatable bonds is 3. The van der Waals surface area contributed by atoms with E-state index in [4.69, 9.17) is 5.26 Å². The van der Waals surface area contributed by atoms with Gasteiger partial charge in [-0.05, 0) is 25.1 Å². The van der Waals surface area contributed by atoms with Crippen LogP contribution in [0, 0.1) is 18.3 Å². The van der Waals surface area contributed by atoms with Gasteiger partial charge in [-0.3, -0.25) is 0 Å². The third kappa shape index (κ3) is 3.20. The number of nitrogens with one attached hydrogen (secondary N) is 2. The Labute approximate surface area is 119 Å². The summed E-state index contributed by atoms with van der Waals surface area (Å²) in [7, 11) is 1.80. The average Bonchev–Trinajstić information content (AvgIpc) is 2.38. The van der Waals surface area contributed by atoms with E-state index in [0.717, 1.165) is 10.3 Å². The van der Waals surface area contributed by atoms with Crippen LogP contribution >= 0.6 is 15.9 Å². The summed E-state index contributed by atoms with van der Waals surface area (Å²) < 4.78 is 0.897. The van der Waals surface area contributed by atoms with Gasteiger partial charge in [-0.2, -0.15) is 5.26 Å². The van der Waals surface area contributed by atoms with Gasteiger partial charge in [-0.1, -0.05) is 15.9 Å². The topological polar surface area (TPSA) is 73.6 Å². The number of aryl methyl sites for hydroxylation is 1. The van der Waals surface area contributed by atoms with Crippen molar-refractivity contribution in [2.45, 2.75) is 6.92 Å². The Balaban J connectivity index is 2.38. The van der Waals surface area contributed by atoms with Crippen LogP contribution < -0.4 is 10.6 Å². The molecule has 0 radical (unpaired) electrons. The van der Waals surface area contributed by atoms with Crippen molar-refractivity contribution in [3.05, 3.63) is 40.1 Å². The Morgan fingerprint density at radius 2 is 1.95 bits per heavy atom. The van der Waals surface area contributed by atoms with Gasteiger partial charge in [-0.15, -0.1) is 0 Å². The van der Waals surface area contributed by atoms with E-state index in [1.165, 1.54) is 0 Å². The van der Waals surface area contributed by atoms with Gasteiger partial charge in [0.25, 0.3) is 0 Å². The molecular formula is C13H12BrN5. The lowest BCUT2D eigenvalue weighted by Crippen LogP contribution is -2.02.